The van der Waals surface area contributed by atoms with Crippen LogP contribution in [0.25, 0.3) is 0 Å². The molecule has 0 spiro atoms. The molecule has 1 aromatic carbocycles. The highest BCUT2D eigenvalue weighted by Gasteiger charge is 2.23. The summed E-state index contributed by atoms with van der Waals surface area (Å²) in [5.74, 6) is 0. The second kappa shape index (κ2) is 4.72. The van der Waals surface area contributed by atoms with Gasteiger partial charge in [-0.15, -0.1) is 4.48 Å². The van der Waals surface area contributed by atoms with E-state index >= 15 is 0 Å². The van der Waals surface area contributed by atoms with Crippen molar-refractivity contribution in [2.24, 2.45) is 0 Å². The standard InChI is InChI=1S/C10H14FNO2S/c1-3-8-12(11)15(13,14)10-6-4-9(2)5-7-10/h4-7H,3,8H2,1-2H3. The van der Waals surface area contributed by atoms with Crippen LogP contribution in [0.4, 0.5) is 4.48 Å². The second-order valence-electron chi connectivity index (χ2n) is 3.33. The quantitative estimate of drug-likeness (QED) is 0.745. The Morgan fingerprint density at radius 3 is 2.27 bits per heavy atom. The first-order valence-electron chi connectivity index (χ1n) is 4.73. The van der Waals surface area contributed by atoms with E-state index in [1.807, 2.05) is 6.92 Å². The van der Waals surface area contributed by atoms with E-state index in [1.54, 1.807) is 19.1 Å². The molecule has 0 heterocycles. The molecule has 0 aliphatic rings. The molecular weight excluding hydrogens is 217 g/mol. The Bertz CT molecular complexity index is 414. The Labute approximate surface area is 89.5 Å². The van der Waals surface area contributed by atoms with E-state index in [-0.39, 0.29) is 16.0 Å². The molecule has 0 N–H and O–H groups in total. The Morgan fingerprint density at radius 2 is 1.80 bits per heavy atom. The van der Waals surface area contributed by atoms with Crippen LogP contribution in [-0.4, -0.2) is 19.5 Å². The number of hydrogen-bond donors (Lipinski definition) is 0. The van der Waals surface area contributed by atoms with E-state index in [0.29, 0.717) is 6.42 Å². The maximum Gasteiger partial charge on any atom is 0.269 e. The number of aryl methyl sites for hydroxylation is 1. The number of sulfonamides is 1. The van der Waals surface area contributed by atoms with Crippen molar-refractivity contribution in [1.29, 1.82) is 0 Å². The molecular formula is C10H14FNO2S. The highest BCUT2D eigenvalue weighted by atomic mass is 32.2. The molecule has 0 aliphatic carbocycles. The summed E-state index contributed by atoms with van der Waals surface area (Å²) in [7, 11) is -3.95. The van der Waals surface area contributed by atoms with Gasteiger partial charge in [0.15, 0.2) is 0 Å². The minimum atomic E-state index is -3.95. The van der Waals surface area contributed by atoms with Crippen LogP contribution in [0.3, 0.4) is 0 Å². The van der Waals surface area contributed by atoms with Gasteiger partial charge in [-0.25, -0.2) is 8.42 Å². The fraction of sp³-hybridized carbons (Fsp3) is 0.400. The van der Waals surface area contributed by atoms with E-state index in [0.717, 1.165) is 5.56 Å². The molecule has 0 bridgehead atoms. The molecule has 0 atom stereocenters. The number of nitrogens with zero attached hydrogens (tertiary/aromatic N) is 1. The first-order chi connectivity index (χ1) is 6.98. The molecule has 0 saturated carbocycles. The highest BCUT2D eigenvalue weighted by molar-refractivity contribution is 7.89. The molecule has 0 radical (unpaired) electrons. The predicted molar refractivity (Wildman–Crippen MR) is 56.5 cm³/mol. The van der Waals surface area contributed by atoms with Crippen molar-refractivity contribution in [3.8, 4) is 0 Å². The summed E-state index contributed by atoms with van der Waals surface area (Å²) in [6, 6.07) is 6.11. The molecule has 1 rings (SSSR count). The van der Waals surface area contributed by atoms with Crippen molar-refractivity contribution in [2.45, 2.75) is 25.2 Å². The van der Waals surface area contributed by atoms with Gasteiger partial charge in [-0.3, -0.25) is 0 Å². The summed E-state index contributed by atoms with van der Waals surface area (Å²) >= 11 is 0. The van der Waals surface area contributed by atoms with Gasteiger partial charge in [-0.1, -0.05) is 24.6 Å². The van der Waals surface area contributed by atoms with Crippen molar-refractivity contribution in [3.05, 3.63) is 29.8 Å². The van der Waals surface area contributed by atoms with Crippen LogP contribution in [0, 0.1) is 6.92 Å². The van der Waals surface area contributed by atoms with Gasteiger partial charge in [0.1, 0.15) is 0 Å². The molecule has 0 aromatic heterocycles. The SMILES string of the molecule is CCCN(F)S(=O)(=O)c1ccc(C)cc1. The van der Waals surface area contributed by atoms with Crippen LogP contribution < -0.4 is 0 Å². The summed E-state index contributed by atoms with van der Waals surface area (Å²) in [6.07, 6.45) is 0.446. The summed E-state index contributed by atoms with van der Waals surface area (Å²) in [4.78, 5) is -0.0101. The minimum Gasteiger partial charge on any atom is -0.205 e. The van der Waals surface area contributed by atoms with Crippen molar-refractivity contribution in [1.82, 2.24) is 4.53 Å². The van der Waals surface area contributed by atoms with Crippen LogP contribution in [0.1, 0.15) is 18.9 Å². The average Bonchev–Trinajstić information content (AvgIpc) is 2.18. The zero-order valence-corrected chi connectivity index (χ0v) is 9.59. The lowest BCUT2D eigenvalue weighted by Crippen LogP contribution is -2.23. The predicted octanol–water partition coefficient (Wildman–Crippen LogP) is 2.28. The van der Waals surface area contributed by atoms with E-state index in [1.165, 1.54) is 12.1 Å². The molecule has 5 heteroatoms. The largest absolute Gasteiger partial charge is 0.269 e. The lowest BCUT2D eigenvalue weighted by Gasteiger charge is -2.11. The lowest BCUT2D eigenvalue weighted by atomic mass is 10.2. The van der Waals surface area contributed by atoms with Gasteiger partial charge < -0.3 is 0 Å². The zero-order valence-electron chi connectivity index (χ0n) is 8.77. The van der Waals surface area contributed by atoms with Gasteiger partial charge in [0.25, 0.3) is 10.0 Å². The number of rotatable bonds is 4. The van der Waals surface area contributed by atoms with Crippen molar-refractivity contribution in [2.75, 3.05) is 6.54 Å². The maximum absolute atomic E-state index is 13.2. The second-order valence-corrected chi connectivity index (χ2v) is 5.15. The van der Waals surface area contributed by atoms with Gasteiger partial charge >= 0.3 is 0 Å². The molecule has 84 valence electrons. The third-order valence-corrected chi connectivity index (χ3v) is 3.55. The van der Waals surface area contributed by atoms with Crippen LogP contribution >= 0.6 is 0 Å². The molecule has 0 aliphatic heterocycles. The summed E-state index contributed by atoms with van der Waals surface area (Å²) in [5.41, 5.74) is 0.940. The highest BCUT2D eigenvalue weighted by Crippen LogP contribution is 2.16. The Kier molecular flexibility index (Phi) is 3.82. The Hall–Kier alpha value is -0.940. The number of halogens is 1. The first-order valence-corrected chi connectivity index (χ1v) is 6.17. The molecule has 15 heavy (non-hydrogen) atoms. The Morgan fingerprint density at radius 1 is 1.27 bits per heavy atom. The third kappa shape index (κ3) is 2.76. The molecule has 1 aromatic rings. The van der Waals surface area contributed by atoms with Gasteiger partial charge in [0.2, 0.25) is 0 Å². The minimum absolute atomic E-state index is 0.0101. The van der Waals surface area contributed by atoms with E-state index < -0.39 is 10.0 Å². The van der Waals surface area contributed by atoms with Crippen LogP contribution in [-0.2, 0) is 10.0 Å². The molecule has 0 fully saturated rings. The van der Waals surface area contributed by atoms with Crippen molar-refractivity contribution in [3.63, 3.8) is 0 Å². The van der Waals surface area contributed by atoms with Gasteiger partial charge in [0.05, 0.1) is 4.90 Å². The lowest BCUT2D eigenvalue weighted by molar-refractivity contribution is 0.139. The molecule has 0 amide bonds. The Balaban J connectivity index is 3.01. The van der Waals surface area contributed by atoms with Crippen LogP contribution in [0.15, 0.2) is 29.2 Å². The molecule has 0 saturated heterocycles. The van der Waals surface area contributed by atoms with Gasteiger partial charge in [0, 0.05) is 6.54 Å². The zero-order chi connectivity index (χ0) is 11.5. The maximum atomic E-state index is 13.2. The number of benzene rings is 1. The molecule has 3 nitrogen and oxygen atoms in total. The fourth-order valence-electron chi connectivity index (χ4n) is 1.12. The van der Waals surface area contributed by atoms with Crippen molar-refractivity contribution >= 4 is 10.0 Å². The average molecular weight is 231 g/mol. The first kappa shape index (κ1) is 12.1. The number of hydrogen-bond acceptors (Lipinski definition) is 2. The van der Waals surface area contributed by atoms with E-state index in [2.05, 4.69) is 0 Å². The van der Waals surface area contributed by atoms with E-state index in [4.69, 9.17) is 0 Å². The van der Waals surface area contributed by atoms with Gasteiger partial charge in [-0.2, -0.15) is 0 Å². The van der Waals surface area contributed by atoms with Crippen LogP contribution in [0.5, 0.6) is 0 Å². The topological polar surface area (TPSA) is 37.4 Å². The van der Waals surface area contributed by atoms with Crippen molar-refractivity contribution < 1.29 is 12.9 Å². The van der Waals surface area contributed by atoms with Crippen LogP contribution in [0.2, 0.25) is 0 Å². The smallest absolute Gasteiger partial charge is 0.205 e. The van der Waals surface area contributed by atoms with Gasteiger partial charge in [-0.05, 0) is 30.0 Å². The monoisotopic (exact) mass is 231 g/mol. The van der Waals surface area contributed by atoms with E-state index in [9.17, 15) is 12.9 Å². The third-order valence-electron chi connectivity index (χ3n) is 1.98. The fourth-order valence-corrected chi connectivity index (χ4v) is 2.25. The molecule has 0 unspecified atom stereocenters. The summed E-state index contributed by atoms with van der Waals surface area (Å²) in [6.45, 7) is 3.45. The summed E-state index contributed by atoms with van der Waals surface area (Å²) in [5, 5.41) is 0. The normalized spacial score (nSPS) is 12.0. The summed E-state index contributed by atoms with van der Waals surface area (Å²) < 4.78 is 36.3.